The second kappa shape index (κ2) is 6.55. The van der Waals surface area contributed by atoms with Crippen molar-refractivity contribution in [1.82, 2.24) is 4.90 Å². The molecule has 0 bridgehead atoms. The molecular weight excluding hydrogens is 204 g/mol. The van der Waals surface area contributed by atoms with E-state index in [1.807, 2.05) is 0 Å². The third-order valence-electron chi connectivity index (χ3n) is 3.58. The van der Waals surface area contributed by atoms with E-state index in [2.05, 4.69) is 11.8 Å². The van der Waals surface area contributed by atoms with Crippen LogP contribution in [0.5, 0.6) is 0 Å². The van der Waals surface area contributed by atoms with Crippen molar-refractivity contribution in [3.05, 3.63) is 0 Å². The van der Waals surface area contributed by atoms with Crippen molar-refractivity contribution in [2.75, 3.05) is 40.5 Å². The maximum Gasteiger partial charge on any atom is 0.0659 e. The summed E-state index contributed by atoms with van der Waals surface area (Å²) >= 11 is 0. The first kappa shape index (κ1) is 13.9. The van der Waals surface area contributed by atoms with E-state index in [1.54, 1.807) is 14.2 Å². The number of hydrogen-bond donors (Lipinski definition) is 1. The zero-order valence-electron chi connectivity index (χ0n) is 10.9. The first-order valence-corrected chi connectivity index (χ1v) is 6.18. The van der Waals surface area contributed by atoms with Crippen molar-refractivity contribution >= 4 is 0 Å². The summed E-state index contributed by atoms with van der Waals surface area (Å²) < 4.78 is 10.6. The Morgan fingerprint density at radius 3 is 2.38 bits per heavy atom. The maximum absolute atomic E-state index is 5.98. The van der Waals surface area contributed by atoms with Crippen LogP contribution in [-0.2, 0) is 9.47 Å². The molecule has 1 saturated carbocycles. The van der Waals surface area contributed by atoms with Crippen LogP contribution >= 0.6 is 0 Å². The molecule has 4 nitrogen and oxygen atoms in total. The van der Waals surface area contributed by atoms with Gasteiger partial charge in [0.05, 0.1) is 18.8 Å². The standard InChI is InChI=1S/C12H26N2O2/c1-4-12(9-13,10-16-3)14(7-8-15-2)11-5-6-11/h11H,4-10,13H2,1-3H3. The molecule has 0 amide bonds. The lowest BCUT2D eigenvalue weighted by atomic mass is 9.94. The van der Waals surface area contributed by atoms with Crippen LogP contribution in [0.2, 0.25) is 0 Å². The molecule has 1 aliphatic rings. The molecule has 96 valence electrons. The molecule has 1 aliphatic carbocycles. The first-order chi connectivity index (χ1) is 7.74. The number of rotatable bonds is 9. The summed E-state index contributed by atoms with van der Waals surface area (Å²) in [5.41, 5.74) is 5.97. The fourth-order valence-electron chi connectivity index (χ4n) is 2.36. The third-order valence-corrected chi connectivity index (χ3v) is 3.58. The van der Waals surface area contributed by atoms with Crippen molar-refractivity contribution in [2.24, 2.45) is 5.73 Å². The summed E-state index contributed by atoms with van der Waals surface area (Å²) in [6, 6.07) is 0.689. The fraction of sp³-hybridized carbons (Fsp3) is 1.00. The molecule has 1 atom stereocenters. The van der Waals surface area contributed by atoms with E-state index in [4.69, 9.17) is 15.2 Å². The molecule has 16 heavy (non-hydrogen) atoms. The van der Waals surface area contributed by atoms with Crippen LogP contribution in [0.15, 0.2) is 0 Å². The summed E-state index contributed by atoms with van der Waals surface area (Å²) in [5, 5.41) is 0. The lowest BCUT2D eigenvalue weighted by molar-refractivity contribution is -0.00662. The van der Waals surface area contributed by atoms with Gasteiger partial charge < -0.3 is 15.2 Å². The minimum absolute atomic E-state index is 0.00551. The highest BCUT2D eigenvalue weighted by molar-refractivity contribution is 4.98. The van der Waals surface area contributed by atoms with Gasteiger partial charge in [0.15, 0.2) is 0 Å². The second-order valence-electron chi connectivity index (χ2n) is 4.63. The summed E-state index contributed by atoms with van der Waals surface area (Å²) in [4.78, 5) is 2.50. The molecule has 0 heterocycles. The van der Waals surface area contributed by atoms with Gasteiger partial charge in [-0.3, -0.25) is 4.90 Å². The van der Waals surface area contributed by atoms with Crippen LogP contribution in [0, 0.1) is 0 Å². The van der Waals surface area contributed by atoms with Crippen molar-refractivity contribution in [3.63, 3.8) is 0 Å². The monoisotopic (exact) mass is 230 g/mol. The van der Waals surface area contributed by atoms with Crippen LogP contribution in [-0.4, -0.2) is 57.0 Å². The fourth-order valence-corrected chi connectivity index (χ4v) is 2.36. The molecule has 0 aromatic carbocycles. The quantitative estimate of drug-likeness (QED) is 0.638. The van der Waals surface area contributed by atoms with Crippen LogP contribution in [0.25, 0.3) is 0 Å². The van der Waals surface area contributed by atoms with Gasteiger partial charge in [-0.05, 0) is 19.3 Å². The second-order valence-corrected chi connectivity index (χ2v) is 4.63. The molecule has 0 spiro atoms. The van der Waals surface area contributed by atoms with E-state index in [0.29, 0.717) is 19.2 Å². The maximum atomic E-state index is 5.98. The highest BCUT2D eigenvalue weighted by atomic mass is 16.5. The molecule has 1 fully saturated rings. The Kier molecular flexibility index (Phi) is 5.69. The van der Waals surface area contributed by atoms with Gasteiger partial charge >= 0.3 is 0 Å². The van der Waals surface area contributed by atoms with Crippen molar-refractivity contribution < 1.29 is 9.47 Å². The average molecular weight is 230 g/mol. The van der Waals surface area contributed by atoms with Gasteiger partial charge in [-0.1, -0.05) is 6.92 Å². The van der Waals surface area contributed by atoms with Gasteiger partial charge in [0, 0.05) is 33.4 Å². The molecular formula is C12H26N2O2. The Morgan fingerprint density at radius 2 is 2.00 bits per heavy atom. The van der Waals surface area contributed by atoms with Gasteiger partial charge in [-0.2, -0.15) is 0 Å². The summed E-state index contributed by atoms with van der Waals surface area (Å²) in [5.74, 6) is 0. The van der Waals surface area contributed by atoms with Gasteiger partial charge in [0.25, 0.3) is 0 Å². The van der Waals surface area contributed by atoms with E-state index in [9.17, 15) is 0 Å². The Balaban J connectivity index is 2.68. The zero-order valence-corrected chi connectivity index (χ0v) is 10.9. The van der Waals surface area contributed by atoms with E-state index < -0.39 is 0 Å². The number of hydrogen-bond acceptors (Lipinski definition) is 4. The molecule has 0 aliphatic heterocycles. The zero-order chi connectivity index (χ0) is 12.0. The van der Waals surface area contributed by atoms with Crippen LogP contribution in [0.1, 0.15) is 26.2 Å². The van der Waals surface area contributed by atoms with Crippen molar-refractivity contribution in [2.45, 2.75) is 37.8 Å². The average Bonchev–Trinajstić information content (AvgIpc) is 3.12. The number of nitrogens with two attached hydrogens (primary N) is 1. The lowest BCUT2D eigenvalue weighted by Gasteiger charge is -2.42. The molecule has 0 saturated heterocycles. The normalized spacial score (nSPS) is 20.1. The Labute approximate surface area is 99.1 Å². The van der Waals surface area contributed by atoms with Crippen LogP contribution < -0.4 is 5.73 Å². The van der Waals surface area contributed by atoms with Crippen LogP contribution in [0.3, 0.4) is 0 Å². The Bertz CT molecular complexity index is 191. The molecule has 1 unspecified atom stereocenters. The van der Waals surface area contributed by atoms with Gasteiger partial charge in [-0.25, -0.2) is 0 Å². The molecule has 0 radical (unpaired) electrons. The molecule has 0 aromatic rings. The number of methoxy groups -OCH3 is 2. The van der Waals surface area contributed by atoms with E-state index >= 15 is 0 Å². The van der Waals surface area contributed by atoms with Crippen molar-refractivity contribution in [3.8, 4) is 0 Å². The topological polar surface area (TPSA) is 47.7 Å². The highest BCUT2D eigenvalue weighted by Crippen LogP contribution is 2.34. The predicted octanol–water partition coefficient (Wildman–Crippen LogP) is 0.851. The highest BCUT2D eigenvalue weighted by Gasteiger charge is 2.42. The van der Waals surface area contributed by atoms with E-state index in [0.717, 1.165) is 19.6 Å². The molecule has 4 heteroatoms. The molecule has 2 N–H and O–H groups in total. The van der Waals surface area contributed by atoms with Gasteiger partial charge in [0.1, 0.15) is 0 Å². The van der Waals surface area contributed by atoms with E-state index in [1.165, 1.54) is 12.8 Å². The van der Waals surface area contributed by atoms with E-state index in [-0.39, 0.29) is 5.54 Å². The minimum Gasteiger partial charge on any atom is -0.383 e. The summed E-state index contributed by atoms with van der Waals surface area (Å²) in [6.45, 7) is 5.27. The summed E-state index contributed by atoms with van der Waals surface area (Å²) in [6.07, 6.45) is 3.60. The molecule has 1 rings (SSSR count). The van der Waals surface area contributed by atoms with Gasteiger partial charge in [-0.15, -0.1) is 0 Å². The number of ether oxygens (including phenoxy) is 2. The first-order valence-electron chi connectivity index (χ1n) is 6.18. The lowest BCUT2D eigenvalue weighted by Crippen LogP contribution is -2.58. The SMILES string of the molecule is CCC(CN)(COC)N(CCOC)C1CC1. The minimum atomic E-state index is -0.00551. The Morgan fingerprint density at radius 1 is 1.31 bits per heavy atom. The summed E-state index contributed by atoms with van der Waals surface area (Å²) in [7, 11) is 3.50. The largest absolute Gasteiger partial charge is 0.383 e. The van der Waals surface area contributed by atoms with Crippen molar-refractivity contribution in [1.29, 1.82) is 0 Å². The number of nitrogens with zero attached hydrogens (tertiary/aromatic N) is 1. The molecule has 0 aromatic heterocycles. The predicted molar refractivity (Wildman–Crippen MR) is 65.6 cm³/mol. The Hall–Kier alpha value is -0.160. The van der Waals surface area contributed by atoms with Crippen LogP contribution in [0.4, 0.5) is 0 Å². The smallest absolute Gasteiger partial charge is 0.0659 e. The third kappa shape index (κ3) is 3.17. The van der Waals surface area contributed by atoms with Gasteiger partial charge in [0.2, 0.25) is 0 Å².